The van der Waals surface area contributed by atoms with Gasteiger partial charge in [0.25, 0.3) is 0 Å². The van der Waals surface area contributed by atoms with Crippen LogP contribution in [0.15, 0.2) is 48.7 Å². The summed E-state index contributed by atoms with van der Waals surface area (Å²) in [5, 5.41) is 8.85. The number of aromatic nitrogens is 2. The molecule has 30 heavy (non-hydrogen) atoms. The number of hydrogen-bond acceptors (Lipinski definition) is 4. The standard InChI is InChI=1S/C23H25N3O4/c1-30-19-11-3-2-8-16(19)22-17-9-4-5-14-26(17)23(24-22)18-10-7-15-25(18)20(27)12-6-13-21(28)29/h2-5,8-9,11,14,18H,6-7,10,12-13,15H2,1H3,(H,28,29). The number of carboxylic acid groups (broad SMARTS) is 1. The summed E-state index contributed by atoms with van der Waals surface area (Å²) in [6, 6.07) is 13.6. The van der Waals surface area contributed by atoms with E-state index < -0.39 is 5.97 Å². The largest absolute Gasteiger partial charge is 0.496 e. The Bertz CT molecular complexity index is 1080. The lowest BCUT2D eigenvalue weighted by Crippen LogP contribution is -2.31. The first-order valence-corrected chi connectivity index (χ1v) is 10.2. The van der Waals surface area contributed by atoms with Gasteiger partial charge in [-0.15, -0.1) is 0 Å². The highest BCUT2D eigenvalue weighted by molar-refractivity contribution is 5.82. The topological polar surface area (TPSA) is 84.1 Å². The van der Waals surface area contributed by atoms with E-state index in [1.165, 1.54) is 0 Å². The van der Waals surface area contributed by atoms with E-state index in [1.807, 2.05) is 53.6 Å². The van der Waals surface area contributed by atoms with Gasteiger partial charge in [-0.05, 0) is 43.5 Å². The van der Waals surface area contributed by atoms with Crippen LogP contribution in [0.4, 0.5) is 0 Å². The molecule has 3 heterocycles. The predicted octanol–water partition coefficient (Wildman–Crippen LogP) is 3.93. The van der Waals surface area contributed by atoms with Gasteiger partial charge in [0.15, 0.2) is 0 Å². The van der Waals surface area contributed by atoms with Crippen molar-refractivity contribution in [3.8, 4) is 17.0 Å². The summed E-state index contributed by atoms with van der Waals surface area (Å²) in [5.41, 5.74) is 2.70. The second-order valence-corrected chi connectivity index (χ2v) is 7.47. The van der Waals surface area contributed by atoms with E-state index in [4.69, 9.17) is 14.8 Å². The molecule has 1 aromatic carbocycles. The van der Waals surface area contributed by atoms with Crippen molar-refractivity contribution in [3.05, 3.63) is 54.5 Å². The third-order valence-corrected chi connectivity index (χ3v) is 5.59. The van der Waals surface area contributed by atoms with E-state index in [-0.39, 0.29) is 24.8 Å². The number of rotatable bonds is 7. The van der Waals surface area contributed by atoms with E-state index in [9.17, 15) is 9.59 Å². The summed E-state index contributed by atoms with van der Waals surface area (Å²) in [6.07, 6.45) is 4.32. The number of fused-ring (bicyclic) bond motifs is 1. The summed E-state index contributed by atoms with van der Waals surface area (Å²) in [6.45, 7) is 0.669. The smallest absolute Gasteiger partial charge is 0.303 e. The molecular weight excluding hydrogens is 382 g/mol. The molecule has 4 rings (SSSR count). The van der Waals surface area contributed by atoms with Gasteiger partial charge in [0.1, 0.15) is 17.3 Å². The first kappa shape index (κ1) is 19.9. The van der Waals surface area contributed by atoms with Gasteiger partial charge in [-0.1, -0.05) is 18.2 Å². The summed E-state index contributed by atoms with van der Waals surface area (Å²) in [4.78, 5) is 30.4. The number of carbonyl (C=O) groups excluding carboxylic acids is 1. The number of hydrogen-bond donors (Lipinski definition) is 1. The minimum Gasteiger partial charge on any atom is -0.496 e. The second-order valence-electron chi connectivity index (χ2n) is 7.47. The minimum absolute atomic E-state index is 0.00844. The molecule has 3 aromatic rings. The zero-order chi connectivity index (χ0) is 21.1. The lowest BCUT2D eigenvalue weighted by molar-refractivity contribution is -0.137. The molecule has 0 saturated carbocycles. The number of para-hydroxylation sites is 1. The molecule has 1 unspecified atom stereocenters. The maximum absolute atomic E-state index is 12.8. The van der Waals surface area contributed by atoms with Crippen LogP contribution in [0.25, 0.3) is 16.8 Å². The number of carboxylic acids is 1. The molecule has 0 spiro atoms. The highest BCUT2D eigenvalue weighted by Gasteiger charge is 2.33. The monoisotopic (exact) mass is 407 g/mol. The second kappa shape index (κ2) is 8.57. The van der Waals surface area contributed by atoms with Crippen LogP contribution in [0.2, 0.25) is 0 Å². The van der Waals surface area contributed by atoms with Gasteiger partial charge in [0.2, 0.25) is 5.91 Å². The quantitative estimate of drug-likeness (QED) is 0.642. The number of ether oxygens (including phenoxy) is 1. The van der Waals surface area contributed by atoms with Crippen LogP contribution in [0.5, 0.6) is 5.75 Å². The Morgan fingerprint density at radius 1 is 1.17 bits per heavy atom. The fourth-order valence-corrected chi connectivity index (χ4v) is 4.20. The maximum atomic E-state index is 12.8. The Balaban J connectivity index is 1.71. The molecule has 1 saturated heterocycles. The zero-order valence-corrected chi connectivity index (χ0v) is 17.0. The molecule has 0 bridgehead atoms. The Morgan fingerprint density at radius 2 is 1.97 bits per heavy atom. The summed E-state index contributed by atoms with van der Waals surface area (Å²) in [5.74, 6) is 0.697. The van der Waals surface area contributed by atoms with Crippen molar-refractivity contribution in [2.45, 2.75) is 38.1 Å². The fourth-order valence-electron chi connectivity index (χ4n) is 4.20. The Labute approximate surface area is 174 Å². The molecule has 156 valence electrons. The molecule has 1 aliphatic rings. The van der Waals surface area contributed by atoms with Gasteiger partial charge >= 0.3 is 5.97 Å². The number of carbonyl (C=O) groups is 2. The third-order valence-electron chi connectivity index (χ3n) is 5.59. The summed E-state index contributed by atoms with van der Waals surface area (Å²) in [7, 11) is 1.65. The van der Waals surface area contributed by atoms with Crippen LogP contribution in [0, 0.1) is 0 Å². The molecule has 1 aliphatic heterocycles. The number of imidazole rings is 1. The number of pyridine rings is 1. The van der Waals surface area contributed by atoms with Gasteiger partial charge in [0.05, 0.1) is 18.7 Å². The van der Waals surface area contributed by atoms with Crippen LogP contribution >= 0.6 is 0 Å². The SMILES string of the molecule is COc1ccccc1-c1nc(C2CCCN2C(=O)CCCC(=O)O)n2ccccc12. The van der Waals surface area contributed by atoms with Crippen molar-refractivity contribution in [1.82, 2.24) is 14.3 Å². The number of aliphatic carboxylic acids is 1. The van der Waals surface area contributed by atoms with Gasteiger partial charge < -0.3 is 19.1 Å². The highest BCUT2D eigenvalue weighted by Crippen LogP contribution is 2.37. The zero-order valence-electron chi connectivity index (χ0n) is 17.0. The van der Waals surface area contributed by atoms with Crippen molar-refractivity contribution in [1.29, 1.82) is 0 Å². The van der Waals surface area contributed by atoms with Crippen LogP contribution in [0.3, 0.4) is 0 Å². The number of nitrogens with zero attached hydrogens (tertiary/aromatic N) is 3. The van der Waals surface area contributed by atoms with Gasteiger partial charge in [-0.3, -0.25) is 9.59 Å². The van der Waals surface area contributed by atoms with Crippen molar-refractivity contribution in [2.75, 3.05) is 13.7 Å². The molecule has 7 nitrogen and oxygen atoms in total. The third kappa shape index (κ3) is 3.75. The highest BCUT2D eigenvalue weighted by atomic mass is 16.5. The number of likely N-dealkylation sites (tertiary alicyclic amines) is 1. The first-order valence-electron chi connectivity index (χ1n) is 10.2. The van der Waals surface area contributed by atoms with E-state index >= 15 is 0 Å². The van der Waals surface area contributed by atoms with Crippen LogP contribution < -0.4 is 4.74 Å². The minimum atomic E-state index is -0.874. The number of amides is 1. The van der Waals surface area contributed by atoms with Crippen molar-refractivity contribution < 1.29 is 19.4 Å². The van der Waals surface area contributed by atoms with Crippen LogP contribution in [0.1, 0.15) is 44.0 Å². The molecule has 2 aromatic heterocycles. The Hall–Kier alpha value is -3.35. The Kier molecular flexibility index (Phi) is 5.70. The summed E-state index contributed by atoms with van der Waals surface area (Å²) >= 11 is 0. The average Bonchev–Trinajstić information content (AvgIpc) is 3.38. The van der Waals surface area contributed by atoms with Crippen molar-refractivity contribution in [2.24, 2.45) is 0 Å². The summed E-state index contributed by atoms with van der Waals surface area (Å²) < 4.78 is 7.60. The van der Waals surface area contributed by atoms with Gasteiger partial charge in [-0.2, -0.15) is 0 Å². The van der Waals surface area contributed by atoms with Gasteiger partial charge in [-0.25, -0.2) is 4.98 Å². The van der Waals surface area contributed by atoms with Crippen LogP contribution in [-0.4, -0.2) is 44.9 Å². The average molecular weight is 407 g/mol. The van der Waals surface area contributed by atoms with Crippen molar-refractivity contribution >= 4 is 17.4 Å². The number of methoxy groups -OCH3 is 1. The molecule has 0 radical (unpaired) electrons. The molecule has 1 atom stereocenters. The molecule has 1 N–H and O–H groups in total. The maximum Gasteiger partial charge on any atom is 0.303 e. The first-order chi connectivity index (χ1) is 14.6. The van der Waals surface area contributed by atoms with Crippen molar-refractivity contribution in [3.63, 3.8) is 0 Å². The predicted molar refractivity (Wildman–Crippen MR) is 112 cm³/mol. The molecule has 0 aliphatic carbocycles. The molecule has 1 amide bonds. The molecular formula is C23H25N3O4. The lowest BCUT2D eigenvalue weighted by Gasteiger charge is -2.24. The van der Waals surface area contributed by atoms with Gasteiger partial charge in [0, 0.05) is 31.1 Å². The molecule has 7 heteroatoms. The number of benzene rings is 1. The normalized spacial score (nSPS) is 16.2. The molecule has 1 fully saturated rings. The fraction of sp³-hybridized carbons (Fsp3) is 0.348. The van der Waals surface area contributed by atoms with E-state index in [0.29, 0.717) is 13.0 Å². The van der Waals surface area contributed by atoms with E-state index in [0.717, 1.165) is 41.2 Å². The van der Waals surface area contributed by atoms with E-state index in [1.54, 1.807) is 7.11 Å². The Morgan fingerprint density at radius 3 is 2.77 bits per heavy atom. The van der Waals surface area contributed by atoms with E-state index in [2.05, 4.69) is 4.40 Å². The van der Waals surface area contributed by atoms with Crippen LogP contribution in [-0.2, 0) is 9.59 Å². The lowest BCUT2D eigenvalue weighted by atomic mass is 10.1.